The standard InChI is InChI=1S/C32H59N7O13/c1-31(2,3)52-30(44)39-12-32(45,13-39)29(43)38-19-8-18(37)23(49-26-16(35)6-4-14(9-33)46-26)25(21(19)41)51-28-22(42)24(20(11-40)48-28)50-27-17(36)7-5-15(10-34)47-27/h14-28,40-42,45H,4-13,33-37H2,1-3H3,(H,38,43)/t14-,15+,16+,17+,18-,19+,20+,21-,22+,23+,24+,25+,26+,27+,28-/m0/s1. The summed E-state index contributed by atoms with van der Waals surface area (Å²) in [6.07, 6.45) is -10.2. The summed E-state index contributed by atoms with van der Waals surface area (Å²) in [5, 5.41) is 47.0. The number of nitrogens with zero attached hydrogens (tertiary/aromatic N) is 1. The molecule has 1 saturated carbocycles. The summed E-state index contributed by atoms with van der Waals surface area (Å²) in [5.41, 5.74) is 28.1. The van der Waals surface area contributed by atoms with Crippen molar-refractivity contribution in [2.24, 2.45) is 28.7 Å². The molecule has 15 atom stereocenters. The Hall–Kier alpha value is -1.86. The van der Waals surface area contributed by atoms with E-state index < -0.39 is 109 Å². The van der Waals surface area contributed by atoms with Gasteiger partial charge in [0.1, 0.15) is 42.2 Å². The zero-order valence-electron chi connectivity index (χ0n) is 30.0. The predicted molar refractivity (Wildman–Crippen MR) is 180 cm³/mol. The Morgan fingerprint density at radius 1 is 0.808 bits per heavy atom. The van der Waals surface area contributed by atoms with Crippen LogP contribution in [0.5, 0.6) is 0 Å². The largest absolute Gasteiger partial charge is 0.444 e. The topological polar surface area (TPSA) is 325 Å². The fourth-order valence-corrected chi connectivity index (χ4v) is 7.16. The van der Waals surface area contributed by atoms with Crippen LogP contribution in [0.2, 0.25) is 0 Å². The average Bonchev–Trinajstić information content (AvgIpc) is 3.37. The molecular formula is C32H59N7O13. The molecule has 4 heterocycles. The van der Waals surface area contributed by atoms with Crippen LogP contribution in [0.3, 0.4) is 0 Å². The zero-order valence-corrected chi connectivity index (χ0v) is 30.0. The molecule has 4 saturated heterocycles. The van der Waals surface area contributed by atoms with Crippen molar-refractivity contribution in [2.45, 2.75) is 156 Å². The maximum Gasteiger partial charge on any atom is 0.410 e. The lowest BCUT2D eigenvalue weighted by atomic mass is 9.83. The second kappa shape index (κ2) is 16.9. The third-order valence-corrected chi connectivity index (χ3v) is 10.2. The van der Waals surface area contributed by atoms with Crippen molar-refractivity contribution in [1.29, 1.82) is 0 Å². The second-order valence-corrected chi connectivity index (χ2v) is 15.6. The number of aliphatic hydroxyl groups is 4. The lowest BCUT2D eigenvalue weighted by molar-refractivity contribution is -0.288. The molecule has 0 aromatic heterocycles. The van der Waals surface area contributed by atoms with Gasteiger partial charge in [-0.3, -0.25) is 4.79 Å². The molecule has 52 heavy (non-hydrogen) atoms. The monoisotopic (exact) mass is 749 g/mol. The van der Waals surface area contributed by atoms with Crippen LogP contribution in [0.4, 0.5) is 4.79 Å². The Kier molecular flexibility index (Phi) is 13.4. The first-order valence-corrected chi connectivity index (χ1v) is 18.0. The van der Waals surface area contributed by atoms with Crippen molar-refractivity contribution in [3.8, 4) is 0 Å². The lowest BCUT2D eigenvalue weighted by Crippen LogP contribution is -2.73. The minimum atomic E-state index is -1.96. The Morgan fingerprint density at radius 3 is 1.87 bits per heavy atom. The molecule has 0 unspecified atom stereocenters. The van der Waals surface area contributed by atoms with Gasteiger partial charge in [0.05, 0.1) is 50.0 Å². The fourth-order valence-electron chi connectivity index (χ4n) is 7.16. The van der Waals surface area contributed by atoms with E-state index in [9.17, 15) is 30.0 Å². The number of rotatable bonds is 11. The first-order chi connectivity index (χ1) is 24.5. The van der Waals surface area contributed by atoms with Crippen LogP contribution in [0, 0.1) is 0 Å². The predicted octanol–water partition coefficient (Wildman–Crippen LogP) is -4.64. The van der Waals surface area contributed by atoms with Gasteiger partial charge in [0.2, 0.25) is 0 Å². The number of β-amino-alcohol motifs (C(OH)–C–C–N with tert-alkyl or cyclic N) is 1. The SMILES string of the molecule is CC(C)(C)OC(=O)N1CC(O)(C(=O)N[C@@H]2C[C@H](N)[C@@H](O[C@H]3O[C@H](CN)CC[C@H]3N)[C@H](O[C@@H]3O[C@H](CO)[C@@H](O[C@H]4O[C@@H](CN)CC[C@H]4N)[C@H]3O)[C@H]2O)C1. The number of likely N-dealkylation sites (tertiary alicyclic amines) is 1. The highest BCUT2D eigenvalue weighted by Crippen LogP contribution is 2.35. The molecule has 300 valence electrons. The summed E-state index contributed by atoms with van der Waals surface area (Å²) in [5.74, 6) is -0.851. The van der Waals surface area contributed by atoms with Gasteiger partial charge in [0.15, 0.2) is 24.5 Å². The van der Waals surface area contributed by atoms with Gasteiger partial charge in [0, 0.05) is 19.1 Å². The van der Waals surface area contributed by atoms with Gasteiger partial charge in [-0.25, -0.2) is 4.79 Å². The lowest BCUT2D eigenvalue weighted by Gasteiger charge is -2.48. The van der Waals surface area contributed by atoms with Crippen LogP contribution >= 0.6 is 0 Å². The molecule has 1 aliphatic carbocycles. The molecule has 4 aliphatic heterocycles. The van der Waals surface area contributed by atoms with Crippen molar-refractivity contribution in [2.75, 3.05) is 32.8 Å². The number of hydrogen-bond acceptors (Lipinski definition) is 18. The molecule has 5 rings (SSSR count). The Balaban J connectivity index is 1.31. The number of hydrogen-bond donors (Lipinski definition) is 10. The van der Waals surface area contributed by atoms with Crippen molar-refractivity contribution in [3.63, 3.8) is 0 Å². The van der Waals surface area contributed by atoms with Gasteiger partial charge in [-0.05, 0) is 52.9 Å². The molecule has 0 radical (unpaired) electrons. The zero-order chi connectivity index (χ0) is 38.1. The van der Waals surface area contributed by atoms with E-state index in [0.717, 1.165) is 0 Å². The molecule has 20 nitrogen and oxygen atoms in total. The minimum absolute atomic E-state index is 0.0378. The summed E-state index contributed by atoms with van der Waals surface area (Å²) < 4.78 is 41.6. The van der Waals surface area contributed by atoms with E-state index in [1.54, 1.807) is 20.8 Å². The molecule has 5 fully saturated rings. The molecule has 2 amide bonds. The van der Waals surface area contributed by atoms with E-state index in [0.29, 0.717) is 25.7 Å². The van der Waals surface area contributed by atoms with E-state index in [2.05, 4.69) is 5.32 Å². The highest BCUT2D eigenvalue weighted by molar-refractivity contribution is 5.89. The summed E-state index contributed by atoms with van der Waals surface area (Å²) in [4.78, 5) is 27.0. The molecule has 0 aromatic carbocycles. The van der Waals surface area contributed by atoms with Crippen molar-refractivity contribution in [3.05, 3.63) is 0 Å². The smallest absolute Gasteiger partial charge is 0.410 e. The quantitative estimate of drug-likeness (QED) is 0.0949. The van der Waals surface area contributed by atoms with Crippen LogP contribution in [0.1, 0.15) is 52.9 Å². The Morgan fingerprint density at radius 2 is 1.35 bits per heavy atom. The summed E-state index contributed by atoms with van der Waals surface area (Å²) in [6.45, 7) is 4.32. The molecule has 5 aliphatic rings. The molecule has 0 bridgehead atoms. The minimum Gasteiger partial charge on any atom is -0.444 e. The van der Waals surface area contributed by atoms with Crippen LogP contribution < -0.4 is 34.0 Å². The highest BCUT2D eigenvalue weighted by atomic mass is 16.8. The fraction of sp³-hybridized carbons (Fsp3) is 0.938. The van der Waals surface area contributed by atoms with Gasteiger partial charge < -0.3 is 92.5 Å². The number of nitrogens with one attached hydrogen (secondary N) is 1. The number of ether oxygens (including phenoxy) is 7. The van der Waals surface area contributed by atoms with Crippen LogP contribution in [0.15, 0.2) is 0 Å². The Labute approximate surface area is 302 Å². The average molecular weight is 750 g/mol. The third-order valence-electron chi connectivity index (χ3n) is 10.2. The van der Waals surface area contributed by atoms with Gasteiger partial charge in [-0.2, -0.15) is 0 Å². The van der Waals surface area contributed by atoms with Gasteiger partial charge in [-0.1, -0.05) is 0 Å². The van der Waals surface area contributed by atoms with E-state index in [-0.39, 0.29) is 44.8 Å². The Bertz CT molecular complexity index is 1210. The molecule has 15 N–H and O–H groups in total. The third kappa shape index (κ3) is 9.32. The first-order valence-electron chi connectivity index (χ1n) is 18.0. The molecule has 0 aromatic rings. The van der Waals surface area contributed by atoms with Gasteiger partial charge >= 0.3 is 6.09 Å². The van der Waals surface area contributed by atoms with E-state index in [1.165, 1.54) is 4.90 Å². The highest BCUT2D eigenvalue weighted by Gasteiger charge is 2.55. The maximum atomic E-state index is 13.4. The number of aliphatic hydroxyl groups excluding tert-OH is 3. The van der Waals surface area contributed by atoms with Gasteiger partial charge in [0.25, 0.3) is 5.91 Å². The number of nitrogens with two attached hydrogens (primary N) is 5. The number of carbonyl (C=O) groups is 2. The normalized spacial score (nSPS) is 42.4. The number of amides is 2. The summed E-state index contributed by atoms with van der Waals surface area (Å²) in [6, 6.07) is -3.10. The number of carbonyl (C=O) groups excluding carboxylic acids is 2. The molecule has 20 heteroatoms. The molecular weight excluding hydrogens is 690 g/mol. The van der Waals surface area contributed by atoms with Crippen LogP contribution in [-0.2, 0) is 38.0 Å². The summed E-state index contributed by atoms with van der Waals surface area (Å²) >= 11 is 0. The van der Waals surface area contributed by atoms with Gasteiger partial charge in [-0.15, -0.1) is 0 Å². The van der Waals surface area contributed by atoms with E-state index >= 15 is 0 Å². The van der Waals surface area contributed by atoms with Crippen molar-refractivity contribution >= 4 is 12.0 Å². The van der Waals surface area contributed by atoms with Crippen molar-refractivity contribution in [1.82, 2.24) is 10.2 Å². The van der Waals surface area contributed by atoms with E-state index in [1.807, 2.05) is 0 Å². The van der Waals surface area contributed by atoms with Crippen LogP contribution in [-0.4, -0.2) is 173 Å². The van der Waals surface area contributed by atoms with E-state index in [4.69, 9.17) is 61.8 Å². The maximum absolute atomic E-state index is 13.4. The van der Waals surface area contributed by atoms with Crippen molar-refractivity contribution < 1.29 is 63.2 Å². The second-order valence-electron chi connectivity index (χ2n) is 15.6. The molecule has 0 spiro atoms. The summed E-state index contributed by atoms with van der Waals surface area (Å²) in [7, 11) is 0. The van der Waals surface area contributed by atoms with Crippen LogP contribution in [0.25, 0.3) is 0 Å². The first kappa shape index (κ1) is 41.3.